The molecule has 0 bridgehead atoms. The van der Waals surface area contributed by atoms with E-state index in [0.29, 0.717) is 16.3 Å². The number of hydrogen-bond acceptors (Lipinski definition) is 4. The van der Waals surface area contributed by atoms with Gasteiger partial charge in [0.05, 0.1) is 10.6 Å². The van der Waals surface area contributed by atoms with E-state index < -0.39 is 9.84 Å². The summed E-state index contributed by atoms with van der Waals surface area (Å²) in [5.74, 6) is 0.568. The van der Waals surface area contributed by atoms with Gasteiger partial charge >= 0.3 is 0 Å². The maximum absolute atomic E-state index is 12.2. The molecule has 21 heavy (non-hydrogen) atoms. The molecule has 0 spiro atoms. The van der Waals surface area contributed by atoms with Gasteiger partial charge in [0.2, 0.25) is 0 Å². The second-order valence-corrected chi connectivity index (χ2v) is 8.82. The van der Waals surface area contributed by atoms with Crippen LogP contribution in [0, 0.1) is 6.92 Å². The van der Waals surface area contributed by atoms with E-state index in [-0.39, 0.29) is 5.75 Å². The van der Waals surface area contributed by atoms with Gasteiger partial charge < -0.3 is 5.73 Å². The topological polar surface area (TPSA) is 60.2 Å². The van der Waals surface area contributed by atoms with Crippen molar-refractivity contribution in [3.8, 4) is 0 Å². The molecule has 0 heterocycles. The summed E-state index contributed by atoms with van der Waals surface area (Å²) in [6, 6.07) is 12.5. The molecule has 6 heteroatoms. The van der Waals surface area contributed by atoms with Crippen LogP contribution in [0.15, 0.2) is 56.7 Å². The average molecular weight is 386 g/mol. The van der Waals surface area contributed by atoms with Crippen LogP contribution in [-0.2, 0) is 9.84 Å². The first-order chi connectivity index (χ1) is 9.88. The van der Waals surface area contributed by atoms with Crippen LogP contribution in [0.5, 0.6) is 0 Å². The fourth-order valence-corrected chi connectivity index (χ4v) is 4.69. The zero-order valence-electron chi connectivity index (χ0n) is 11.5. The molecule has 0 aliphatic carbocycles. The summed E-state index contributed by atoms with van der Waals surface area (Å²) in [7, 11) is -3.25. The van der Waals surface area contributed by atoms with Crippen molar-refractivity contribution in [2.45, 2.75) is 16.7 Å². The third-order valence-corrected chi connectivity index (χ3v) is 6.56. The molecule has 3 nitrogen and oxygen atoms in total. The Bertz CT molecular complexity index is 728. The van der Waals surface area contributed by atoms with Crippen LogP contribution >= 0.6 is 27.7 Å². The lowest BCUT2D eigenvalue weighted by Crippen LogP contribution is -2.08. The van der Waals surface area contributed by atoms with Crippen molar-refractivity contribution in [3.63, 3.8) is 0 Å². The number of nitrogens with two attached hydrogens (primary N) is 1. The largest absolute Gasteiger partial charge is 0.398 e. The molecule has 2 aromatic carbocycles. The SMILES string of the molecule is Cc1ccc(SCCS(=O)(=O)c2ccc(Br)cc2)c(N)c1. The third kappa shape index (κ3) is 4.49. The fourth-order valence-electron chi connectivity index (χ4n) is 1.82. The van der Waals surface area contributed by atoms with Gasteiger partial charge in [-0.2, -0.15) is 0 Å². The van der Waals surface area contributed by atoms with E-state index >= 15 is 0 Å². The average Bonchev–Trinajstić information content (AvgIpc) is 2.41. The number of hydrogen-bond donors (Lipinski definition) is 1. The van der Waals surface area contributed by atoms with E-state index in [1.165, 1.54) is 11.8 Å². The van der Waals surface area contributed by atoms with Crippen LogP contribution in [0.4, 0.5) is 5.69 Å². The minimum atomic E-state index is -3.25. The first-order valence-corrected chi connectivity index (χ1v) is 9.79. The summed E-state index contributed by atoms with van der Waals surface area (Å²) in [4.78, 5) is 1.27. The minimum absolute atomic E-state index is 0.0899. The summed E-state index contributed by atoms with van der Waals surface area (Å²) in [5.41, 5.74) is 7.72. The molecule has 2 aromatic rings. The van der Waals surface area contributed by atoms with Gasteiger partial charge in [0.25, 0.3) is 0 Å². The van der Waals surface area contributed by atoms with Crippen molar-refractivity contribution in [1.29, 1.82) is 0 Å². The van der Waals surface area contributed by atoms with Gasteiger partial charge in [-0.05, 0) is 48.9 Å². The molecule has 0 aromatic heterocycles. The van der Waals surface area contributed by atoms with Crippen molar-refractivity contribution >= 4 is 43.2 Å². The fraction of sp³-hybridized carbons (Fsp3) is 0.200. The maximum atomic E-state index is 12.2. The van der Waals surface area contributed by atoms with Gasteiger partial charge in [0.15, 0.2) is 9.84 Å². The van der Waals surface area contributed by atoms with Gasteiger partial charge in [-0.1, -0.05) is 22.0 Å². The predicted octanol–water partition coefficient (Wildman–Crippen LogP) is 3.91. The summed E-state index contributed by atoms with van der Waals surface area (Å²) >= 11 is 4.76. The van der Waals surface area contributed by atoms with Gasteiger partial charge in [0, 0.05) is 20.8 Å². The maximum Gasteiger partial charge on any atom is 0.179 e. The van der Waals surface area contributed by atoms with Crippen LogP contribution in [0.25, 0.3) is 0 Å². The van der Waals surface area contributed by atoms with Crippen LogP contribution in [0.2, 0.25) is 0 Å². The number of sulfone groups is 1. The predicted molar refractivity (Wildman–Crippen MR) is 92.5 cm³/mol. The highest BCUT2D eigenvalue weighted by Gasteiger charge is 2.14. The minimum Gasteiger partial charge on any atom is -0.398 e. The second kappa shape index (κ2) is 6.85. The van der Waals surface area contributed by atoms with Crippen molar-refractivity contribution in [2.24, 2.45) is 0 Å². The Morgan fingerprint density at radius 2 is 1.81 bits per heavy atom. The van der Waals surface area contributed by atoms with E-state index in [4.69, 9.17) is 5.73 Å². The number of nitrogen functional groups attached to an aromatic ring is 1. The van der Waals surface area contributed by atoms with Crippen LogP contribution in [-0.4, -0.2) is 19.9 Å². The highest BCUT2D eigenvalue weighted by atomic mass is 79.9. The molecule has 0 aliphatic heterocycles. The van der Waals surface area contributed by atoms with E-state index in [1.54, 1.807) is 24.3 Å². The van der Waals surface area contributed by atoms with Crippen molar-refractivity contribution in [3.05, 3.63) is 52.5 Å². The van der Waals surface area contributed by atoms with Gasteiger partial charge in [0.1, 0.15) is 0 Å². The summed E-state index contributed by atoms with van der Waals surface area (Å²) in [6.07, 6.45) is 0. The van der Waals surface area contributed by atoms with Crippen molar-refractivity contribution in [1.82, 2.24) is 0 Å². The molecule has 0 atom stereocenters. The Morgan fingerprint density at radius 1 is 1.14 bits per heavy atom. The lowest BCUT2D eigenvalue weighted by atomic mass is 10.2. The lowest BCUT2D eigenvalue weighted by molar-refractivity contribution is 0.597. The Morgan fingerprint density at radius 3 is 2.43 bits per heavy atom. The second-order valence-electron chi connectivity index (χ2n) is 4.66. The first kappa shape index (κ1) is 16.4. The van der Waals surface area contributed by atoms with Gasteiger partial charge in [-0.3, -0.25) is 0 Å². The lowest BCUT2D eigenvalue weighted by Gasteiger charge is -2.07. The number of thioether (sulfide) groups is 1. The third-order valence-electron chi connectivity index (χ3n) is 2.95. The van der Waals surface area contributed by atoms with Crippen LogP contribution in [0.3, 0.4) is 0 Å². The molecule has 0 saturated heterocycles. The zero-order valence-corrected chi connectivity index (χ0v) is 14.8. The summed E-state index contributed by atoms with van der Waals surface area (Å²) in [5, 5.41) is 0. The number of benzene rings is 2. The molecular formula is C15H16BrNO2S2. The number of aryl methyl sites for hydroxylation is 1. The van der Waals surface area contributed by atoms with Gasteiger partial charge in [-0.15, -0.1) is 11.8 Å². The summed E-state index contributed by atoms with van der Waals surface area (Å²) < 4.78 is 25.3. The van der Waals surface area contributed by atoms with E-state index in [0.717, 1.165) is 14.9 Å². The van der Waals surface area contributed by atoms with Crippen molar-refractivity contribution in [2.75, 3.05) is 17.2 Å². The molecular weight excluding hydrogens is 370 g/mol. The molecule has 0 amide bonds. The standard InChI is InChI=1S/C15H16BrNO2S2/c1-11-2-7-15(14(17)10-11)20-8-9-21(18,19)13-5-3-12(16)4-6-13/h2-7,10H,8-9,17H2,1H3. The Kier molecular flexibility index (Phi) is 5.35. The highest BCUT2D eigenvalue weighted by Crippen LogP contribution is 2.26. The normalized spacial score (nSPS) is 11.5. The number of halogens is 1. The molecule has 2 rings (SSSR count). The first-order valence-electron chi connectivity index (χ1n) is 6.36. The van der Waals surface area contributed by atoms with Crippen LogP contribution < -0.4 is 5.73 Å². The summed E-state index contributed by atoms with van der Waals surface area (Å²) in [6.45, 7) is 1.97. The quantitative estimate of drug-likeness (QED) is 0.625. The molecule has 0 unspecified atom stereocenters. The monoisotopic (exact) mass is 385 g/mol. The van der Waals surface area contributed by atoms with E-state index in [9.17, 15) is 8.42 Å². The molecule has 0 fully saturated rings. The number of anilines is 1. The smallest absolute Gasteiger partial charge is 0.179 e. The Balaban J connectivity index is 2.00. The van der Waals surface area contributed by atoms with E-state index in [2.05, 4.69) is 15.9 Å². The molecule has 2 N–H and O–H groups in total. The Hall–Kier alpha value is -0.980. The molecule has 0 aliphatic rings. The van der Waals surface area contributed by atoms with E-state index in [1.807, 2.05) is 25.1 Å². The number of rotatable bonds is 5. The molecule has 0 radical (unpaired) electrons. The molecule has 0 saturated carbocycles. The van der Waals surface area contributed by atoms with Crippen LogP contribution in [0.1, 0.15) is 5.56 Å². The Labute approximate surface area is 138 Å². The molecule has 112 valence electrons. The zero-order chi connectivity index (χ0) is 15.5. The highest BCUT2D eigenvalue weighted by molar-refractivity contribution is 9.10. The van der Waals surface area contributed by atoms with Crippen molar-refractivity contribution < 1.29 is 8.42 Å². The van der Waals surface area contributed by atoms with Gasteiger partial charge in [-0.25, -0.2) is 8.42 Å².